The number of aliphatic hydroxyl groups is 4. The van der Waals surface area contributed by atoms with Crippen molar-refractivity contribution < 1.29 is 39.4 Å². The lowest BCUT2D eigenvalue weighted by molar-refractivity contribution is -0.323. The summed E-state index contributed by atoms with van der Waals surface area (Å²) in [4.78, 5) is 13.0. The highest BCUT2D eigenvalue weighted by Gasteiger charge is 2.58. The molecule has 0 radical (unpaired) electrons. The van der Waals surface area contributed by atoms with Gasteiger partial charge in [-0.15, -0.1) is 0 Å². The van der Waals surface area contributed by atoms with Crippen molar-refractivity contribution in [1.82, 2.24) is 0 Å². The van der Waals surface area contributed by atoms with Crippen LogP contribution in [0.15, 0.2) is 11.6 Å². The smallest absolute Gasteiger partial charge is 0.187 e. The van der Waals surface area contributed by atoms with E-state index in [-0.39, 0.29) is 34.6 Å². The molecule has 0 bridgehead atoms. The molecule has 0 aromatic heterocycles. The third kappa shape index (κ3) is 5.77. The van der Waals surface area contributed by atoms with Crippen molar-refractivity contribution in [2.24, 2.45) is 34.5 Å². The van der Waals surface area contributed by atoms with E-state index in [2.05, 4.69) is 40.7 Å². The van der Waals surface area contributed by atoms with Crippen molar-refractivity contribution in [2.45, 2.75) is 174 Å². The van der Waals surface area contributed by atoms with E-state index in [1.54, 1.807) is 6.92 Å². The minimum Gasteiger partial charge on any atom is -0.390 e. The van der Waals surface area contributed by atoms with Crippen LogP contribution in [0.5, 0.6) is 0 Å². The SMILES string of the molecule is C[C@@H]1CC[C@@H]2[C@@H](CC[C@@]2(C)O[C@@H]2O[C@@H](C)[C@H](O)[C@@H](O)[C@H]2O)C(C)(C)/C1=C\C[C@@H]1[C@@]2(C)CCC(=O)C(C)(C)O[C@@H]2CC[C@]1(C)O. The van der Waals surface area contributed by atoms with E-state index in [0.717, 1.165) is 44.9 Å². The molecule has 4 N–H and O–H groups in total. The number of allylic oxidation sites excluding steroid dienone is 2. The van der Waals surface area contributed by atoms with Gasteiger partial charge in [-0.1, -0.05) is 39.3 Å². The van der Waals surface area contributed by atoms with E-state index in [1.807, 2.05) is 20.8 Å². The van der Waals surface area contributed by atoms with Crippen LogP contribution in [0, 0.1) is 34.5 Å². The maximum absolute atomic E-state index is 13.0. The van der Waals surface area contributed by atoms with Crippen LogP contribution in [-0.4, -0.2) is 79.8 Å². The monoisotopic (exact) mass is 620 g/mol. The van der Waals surface area contributed by atoms with Crippen LogP contribution in [0.1, 0.15) is 120 Å². The Kier molecular flexibility index (Phi) is 9.15. The van der Waals surface area contributed by atoms with E-state index >= 15 is 0 Å². The Morgan fingerprint density at radius 2 is 1.55 bits per heavy atom. The highest BCUT2D eigenvalue weighted by Crippen LogP contribution is 2.60. The standard InChI is InChI=1S/C36H60O8/c1-20-10-11-24-23(14-19-36(24,9)44-31-30(40)29(39)28(38)21(2)42-31)32(3,4)22(20)12-13-25-34(7)17-15-26(37)33(5,6)43-27(34)16-18-35(25,8)41/h12,20-21,23-25,27-31,38-41H,10-11,13-19H2,1-9H3/b22-12-/t20-,21+,23-,24-,25-,27-,28+,29-,30-,31+,34-,35+,36-/m1/s1. The second-order valence-electron chi connectivity index (χ2n) is 17.0. The summed E-state index contributed by atoms with van der Waals surface area (Å²) >= 11 is 0. The van der Waals surface area contributed by atoms with Gasteiger partial charge >= 0.3 is 0 Å². The van der Waals surface area contributed by atoms with Gasteiger partial charge in [-0.3, -0.25) is 4.79 Å². The summed E-state index contributed by atoms with van der Waals surface area (Å²) in [5.74, 6) is 1.07. The summed E-state index contributed by atoms with van der Waals surface area (Å²) in [6, 6.07) is 0. The summed E-state index contributed by atoms with van der Waals surface area (Å²) in [7, 11) is 0. The van der Waals surface area contributed by atoms with E-state index < -0.39 is 47.5 Å². The molecule has 0 aromatic rings. The Balaban J connectivity index is 1.39. The first-order valence-electron chi connectivity index (χ1n) is 17.3. The van der Waals surface area contributed by atoms with Crippen LogP contribution in [0.4, 0.5) is 0 Å². The van der Waals surface area contributed by atoms with Gasteiger partial charge in [0.1, 0.15) is 23.9 Å². The molecule has 2 aliphatic heterocycles. The van der Waals surface area contributed by atoms with Gasteiger partial charge in [-0.05, 0) is 115 Å². The summed E-state index contributed by atoms with van der Waals surface area (Å²) in [5.41, 5.74) is -1.17. The van der Waals surface area contributed by atoms with E-state index in [4.69, 9.17) is 14.2 Å². The van der Waals surface area contributed by atoms with Crippen molar-refractivity contribution in [3.05, 3.63) is 11.6 Å². The molecule has 2 heterocycles. The highest BCUT2D eigenvalue weighted by atomic mass is 16.7. The van der Waals surface area contributed by atoms with Crippen LogP contribution >= 0.6 is 0 Å². The Labute approximate surface area is 264 Å². The summed E-state index contributed by atoms with van der Waals surface area (Å²) in [5, 5.41) is 43.1. The molecule has 8 heteroatoms. The average Bonchev–Trinajstić information content (AvgIpc) is 3.18. The fourth-order valence-corrected chi connectivity index (χ4v) is 10.3. The lowest BCUT2D eigenvalue weighted by atomic mass is 9.56. The quantitative estimate of drug-likeness (QED) is 0.321. The molecule has 13 atom stereocenters. The molecule has 2 saturated heterocycles. The zero-order valence-corrected chi connectivity index (χ0v) is 28.6. The van der Waals surface area contributed by atoms with Gasteiger partial charge < -0.3 is 34.6 Å². The molecule has 0 unspecified atom stereocenters. The number of hydrogen-bond donors (Lipinski definition) is 4. The number of hydrogen-bond acceptors (Lipinski definition) is 8. The van der Waals surface area contributed by atoms with Gasteiger partial charge in [-0.25, -0.2) is 0 Å². The fraction of sp³-hybridized carbons (Fsp3) is 0.917. The minimum atomic E-state index is -1.31. The Morgan fingerprint density at radius 3 is 2.23 bits per heavy atom. The predicted molar refractivity (Wildman–Crippen MR) is 168 cm³/mol. The van der Waals surface area contributed by atoms with Gasteiger partial charge in [-0.2, -0.15) is 0 Å². The molecule has 0 spiro atoms. The molecule has 5 rings (SSSR count). The number of aliphatic hydroxyl groups excluding tert-OH is 3. The first kappa shape index (κ1) is 34.5. The first-order chi connectivity index (χ1) is 20.2. The first-order valence-corrected chi connectivity index (χ1v) is 17.3. The van der Waals surface area contributed by atoms with Crippen molar-refractivity contribution in [2.75, 3.05) is 0 Å². The largest absolute Gasteiger partial charge is 0.390 e. The fourth-order valence-electron chi connectivity index (χ4n) is 10.3. The van der Waals surface area contributed by atoms with Crippen LogP contribution in [0.3, 0.4) is 0 Å². The third-order valence-corrected chi connectivity index (χ3v) is 13.3. The van der Waals surface area contributed by atoms with Gasteiger partial charge in [0.15, 0.2) is 12.1 Å². The zero-order chi connectivity index (χ0) is 32.6. The number of fused-ring (bicyclic) bond motifs is 2. The molecule has 0 aromatic carbocycles. The maximum atomic E-state index is 13.0. The van der Waals surface area contributed by atoms with Crippen LogP contribution < -0.4 is 0 Å². The topological polar surface area (TPSA) is 126 Å². The number of rotatable bonds is 4. The van der Waals surface area contributed by atoms with Gasteiger partial charge in [0.25, 0.3) is 0 Å². The maximum Gasteiger partial charge on any atom is 0.187 e. The van der Waals surface area contributed by atoms with Gasteiger partial charge in [0.2, 0.25) is 0 Å². The van der Waals surface area contributed by atoms with E-state index in [1.165, 1.54) is 5.57 Å². The molecule has 5 fully saturated rings. The molecule has 44 heavy (non-hydrogen) atoms. The van der Waals surface area contributed by atoms with E-state index in [9.17, 15) is 25.2 Å². The molecule has 5 aliphatic rings. The van der Waals surface area contributed by atoms with Crippen LogP contribution in [0.25, 0.3) is 0 Å². The molecule has 8 nitrogen and oxygen atoms in total. The Hall–Kier alpha value is -0.870. The normalized spacial score (nSPS) is 51.8. The molecular weight excluding hydrogens is 560 g/mol. The van der Waals surface area contributed by atoms with Crippen LogP contribution in [0.2, 0.25) is 0 Å². The van der Waals surface area contributed by atoms with Crippen molar-refractivity contribution >= 4 is 5.78 Å². The summed E-state index contributed by atoms with van der Waals surface area (Å²) < 4.78 is 19.0. The van der Waals surface area contributed by atoms with Gasteiger partial charge in [0.05, 0.1) is 23.4 Å². The number of carbonyl (C=O) groups excluding carboxylic acids is 1. The number of Topliss-reactive ketones (excluding diaryl/α,β-unsaturated/α-hetero) is 1. The zero-order valence-electron chi connectivity index (χ0n) is 28.6. The lowest BCUT2D eigenvalue weighted by Crippen LogP contribution is -2.59. The van der Waals surface area contributed by atoms with Crippen molar-refractivity contribution in [3.63, 3.8) is 0 Å². The summed E-state index contributed by atoms with van der Waals surface area (Å²) in [6.45, 7) is 18.8. The lowest BCUT2D eigenvalue weighted by Gasteiger charge is -2.54. The predicted octanol–water partition coefficient (Wildman–Crippen LogP) is 5.08. The third-order valence-electron chi connectivity index (χ3n) is 13.3. The second-order valence-corrected chi connectivity index (χ2v) is 17.0. The summed E-state index contributed by atoms with van der Waals surface area (Å²) in [6.07, 6.45) is 4.10. The second kappa shape index (κ2) is 11.7. The highest BCUT2D eigenvalue weighted by molar-refractivity contribution is 5.86. The minimum absolute atomic E-state index is 0.0316. The molecule has 252 valence electrons. The number of ketones is 1. The molecule has 0 amide bonds. The van der Waals surface area contributed by atoms with Crippen molar-refractivity contribution in [3.8, 4) is 0 Å². The van der Waals surface area contributed by atoms with Crippen molar-refractivity contribution in [1.29, 1.82) is 0 Å². The average molecular weight is 621 g/mol. The Bertz CT molecular complexity index is 1110. The molecule has 3 aliphatic carbocycles. The number of ether oxygens (including phenoxy) is 3. The van der Waals surface area contributed by atoms with E-state index in [0.29, 0.717) is 24.7 Å². The van der Waals surface area contributed by atoms with Crippen LogP contribution in [-0.2, 0) is 19.0 Å². The Morgan fingerprint density at radius 1 is 0.864 bits per heavy atom. The molecular formula is C36H60O8. The van der Waals surface area contributed by atoms with Gasteiger partial charge in [0, 0.05) is 11.8 Å². The number of carbonyl (C=O) groups is 1. The molecule has 3 saturated carbocycles.